The summed E-state index contributed by atoms with van der Waals surface area (Å²) < 4.78 is 44.4. The van der Waals surface area contributed by atoms with E-state index in [1.54, 1.807) is 24.3 Å². The summed E-state index contributed by atoms with van der Waals surface area (Å²) in [5.41, 5.74) is 1.16. The van der Waals surface area contributed by atoms with Gasteiger partial charge in [-0.2, -0.15) is 18.4 Å². The number of nitrogens with zero attached hydrogens (tertiary/aromatic N) is 1. The third-order valence-electron chi connectivity index (χ3n) is 3.54. The van der Waals surface area contributed by atoms with E-state index in [1.807, 2.05) is 6.19 Å². The number of rotatable bonds is 2. The van der Waals surface area contributed by atoms with Crippen molar-refractivity contribution in [3.63, 3.8) is 0 Å². The highest BCUT2D eigenvalue weighted by Gasteiger charge is 2.33. The summed E-state index contributed by atoms with van der Waals surface area (Å²) in [4.78, 5) is 0. The standard InChI is InChI=1S/C16H11F3N2O/c17-16(18,19)10-5-6-14-13(7-10)11-3-1-2-4-12(11)15(22-14)8-21-9-20/h1-7,15,21H,8H2. The van der Waals surface area contributed by atoms with Crippen LogP contribution in [0, 0.1) is 11.5 Å². The molecule has 1 N–H and O–H groups in total. The summed E-state index contributed by atoms with van der Waals surface area (Å²) in [5, 5.41) is 11.2. The maximum Gasteiger partial charge on any atom is 0.416 e. The number of fused-ring (bicyclic) bond motifs is 3. The van der Waals surface area contributed by atoms with Crippen molar-refractivity contribution in [2.45, 2.75) is 12.3 Å². The molecule has 6 heteroatoms. The van der Waals surface area contributed by atoms with Crippen molar-refractivity contribution in [2.75, 3.05) is 6.54 Å². The van der Waals surface area contributed by atoms with Gasteiger partial charge in [0.25, 0.3) is 0 Å². The van der Waals surface area contributed by atoms with E-state index in [1.165, 1.54) is 6.07 Å². The van der Waals surface area contributed by atoms with Crippen LogP contribution in [-0.2, 0) is 6.18 Å². The number of nitriles is 1. The van der Waals surface area contributed by atoms with Gasteiger partial charge in [0.2, 0.25) is 0 Å². The summed E-state index contributed by atoms with van der Waals surface area (Å²) in [6.07, 6.45) is -3.00. The van der Waals surface area contributed by atoms with Gasteiger partial charge in [-0.25, -0.2) is 0 Å². The highest BCUT2D eigenvalue weighted by atomic mass is 19.4. The number of benzene rings is 2. The number of alkyl halides is 3. The van der Waals surface area contributed by atoms with Crippen LogP contribution in [0.15, 0.2) is 42.5 Å². The van der Waals surface area contributed by atoms with Crippen LogP contribution in [0.1, 0.15) is 17.2 Å². The fourth-order valence-corrected chi connectivity index (χ4v) is 2.55. The Bertz CT molecular complexity index is 750. The molecule has 0 amide bonds. The maximum atomic E-state index is 12.9. The second-order valence-corrected chi connectivity index (χ2v) is 4.90. The zero-order valence-electron chi connectivity index (χ0n) is 11.3. The lowest BCUT2D eigenvalue weighted by Crippen LogP contribution is -2.24. The number of hydrogen-bond donors (Lipinski definition) is 1. The van der Waals surface area contributed by atoms with E-state index < -0.39 is 17.8 Å². The molecule has 0 spiro atoms. The predicted octanol–water partition coefficient (Wildman–Crippen LogP) is 3.88. The Hall–Kier alpha value is -2.68. The monoisotopic (exact) mass is 304 g/mol. The van der Waals surface area contributed by atoms with Gasteiger partial charge in [0, 0.05) is 11.1 Å². The molecular weight excluding hydrogens is 293 g/mol. The third kappa shape index (κ3) is 2.46. The summed E-state index contributed by atoms with van der Waals surface area (Å²) >= 11 is 0. The molecule has 0 aromatic heterocycles. The third-order valence-corrected chi connectivity index (χ3v) is 3.54. The van der Waals surface area contributed by atoms with Crippen LogP contribution in [0.2, 0.25) is 0 Å². The van der Waals surface area contributed by atoms with Crippen molar-refractivity contribution in [1.29, 1.82) is 5.26 Å². The largest absolute Gasteiger partial charge is 0.483 e. The van der Waals surface area contributed by atoms with Crippen molar-refractivity contribution in [1.82, 2.24) is 5.32 Å². The first-order valence-electron chi connectivity index (χ1n) is 6.60. The lowest BCUT2D eigenvalue weighted by molar-refractivity contribution is -0.137. The van der Waals surface area contributed by atoms with Gasteiger partial charge in [0.05, 0.1) is 12.1 Å². The van der Waals surface area contributed by atoms with Crippen molar-refractivity contribution in [2.24, 2.45) is 0 Å². The fraction of sp³-hybridized carbons (Fsp3) is 0.188. The first-order chi connectivity index (χ1) is 10.5. The van der Waals surface area contributed by atoms with Crippen molar-refractivity contribution in [3.05, 3.63) is 53.6 Å². The first-order valence-corrected chi connectivity index (χ1v) is 6.60. The Morgan fingerprint density at radius 2 is 1.91 bits per heavy atom. The quantitative estimate of drug-likeness (QED) is 0.676. The van der Waals surface area contributed by atoms with Crippen molar-refractivity contribution in [3.8, 4) is 23.1 Å². The van der Waals surface area contributed by atoms with Gasteiger partial charge in [-0.15, -0.1) is 0 Å². The van der Waals surface area contributed by atoms with Crippen LogP contribution in [0.5, 0.6) is 5.75 Å². The maximum absolute atomic E-state index is 12.9. The van der Waals surface area contributed by atoms with Gasteiger partial charge in [-0.3, -0.25) is 0 Å². The van der Waals surface area contributed by atoms with Crippen LogP contribution in [0.25, 0.3) is 11.1 Å². The normalized spacial score (nSPS) is 16.0. The van der Waals surface area contributed by atoms with Crippen LogP contribution in [-0.4, -0.2) is 6.54 Å². The lowest BCUT2D eigenvalue weighted by atomic mass is 9.91. The van der Waals surface area contributed by atoms with Gasteiger partial charge >= 0.3 is 6.18 Å². The molecule has 0 radical (unpaired) electrons. The molecule has 2 aromatic carbocycles. The molecule has 1 atom stereocenters. The van der Waals surface area contributed by atoms with E-state index >= 15 is 0 Å². The number of hydrogen-bond acceptors (Lipinski definition) is 3. The second kappa shape index (κ2) is 5.26. The summed E-state index contributed by atoms with van der Waals surface area (Å²) in [7, 11) is 0. The summed E-state index contributed by atoms with van der Waals surface area (Å²) in [6, 6.07) is 10.5. The van der Waals surface area contributed by atoms with E-state index in [4.69, 9.17) is 10.00 Å². The molecule has 1 aliphatic rings. The molecule has 0 saturated heterocycles. The van der Waals surface area contributed by atoms with Crippen molar-refractivity contribution < 1.29 is 17.9 Å². The average Bonchev–Trinajstić information content (AvgIpc) is 2.51. The molecule has 0 fully saturated rings. The molecule has 1 unspecified atom stereocenters. The molecule has 1 heterocycles. The Balaban J connectivity index is 2.10. The molecular formula is C16H11F3N2O. The van der Waals surface area contributed by atoms with E-state index in [0.717, 1.165) is 17.7 Å². The lowest BCUT2D eigenvalue weighted by Gasteiger charge is -2.29. The first kappa shape index (κ1) is 14.3. The SMILES string of the molecule is N#CNCC1Oc2ccc(C(F)(F)F)cc2-c2ccccc21. The molecule has 1 aliphatic heterocycles. The number of halogens is 3. The minimum absolute atomic E-state index is 0.258. The van der Waals surface area contributed by atoms with Gasteiger partial charge in [0.15, 0.2) is 6.19 Å². The van der Waals surface area contributed by atoms with Crippen molar-refractivity contribution >= 4 is 0 Å². The minimum Gasteiger partial charge on any atom is -0.483 e. The Kier molecular flexibility index (Phi) is 3.41. The molecule has 2 aromatic rings. The van der Waals surface area contributed by atoms with E-state index in [2.05, 4.69) is 5.32 Å². The highest BCUT2D eigenvalue weighted by Crippen LogP contribution is 2.44. The molecule has 112 valence electrons. The zero-order chi connectivity index (χ0) is 15.7. The Labute approximate surface area is 124 Å². The zero-order valence-corrected chi connectivity index (χ0v) is 11.3. The van der Waals surface area contributed by atoms with E-state index in [-0.39, 0.29) is 6.54 Å². The fourth-order valence-electron chi connectivity index (χ4n) is 2.55. The number of ether oxygens (including phenoxy) is 1. The van der Waals surface area contributed by atoms with Gasteiger partial charge in [-0.1, -0.05) is 24.3 Å². The summed E-state index contributed by atoms with van der Waals surface area (Å²) in [6.45, 7) is 0.258. The van der Waals surface area contributed by atoms with Crippen LogP contribution in [0.3, 0.4) is 0 Å². The molecule has 0 bridgehead atoms. The average molecular weight is 304 g/mol. The van der Waals surface area contributed by atoms with Gasteiger partial charge in [0.1, 0.15) is 11.9 Å². The smallest absolute Gasteiger partial charge is 0.416 e. The summed E-state index contributed by atoms with van der Waals surface area (Å²) in [5.74, 6) is 0.386. The molecule has 3 rings (SSSR count). The number of nitrogens with one attached hydrogen (secondary N) is 1. The Morgan fingerprint density at radius 1 is 1.14 bits per heavy atom. The molecule has 0 saturated carbocycles. The Morgan fingerprint density at radius 3 is 2.64 bits per heavy atom. The highest BCUT2D eigenvalue weighted by molar-refractivity contribution is 5.76. The predicted molar refractivity (Wildman–Crippen MR) is 73.9 cm³/mol. The van der Waals surface area contributed by atoms with Gasteiger partial charge in [-0.05, 0) is 23.8 Å². The van der Waals surface area contributed by atoms with Crippen LogP contribution < -0.4 is 10.1 Å². The van der Waals surface area contributed by atoms with Crippen LogP contribution >= 0.6 is 0 Å². The van der Waals surface area contributed by atoms with Crippen LogP contribution in [0.4, 0.5) is 13.2 Å². The minimum atomic E-state index is -4.40. The molecule has 22 heavy (non-hydrogen) atoms. The molecule has 0 aliphatic carbocycles. The van der Waals surface area contributed by atoms with Gasteiger partial charge < -0.3 is 10.1 Å². The van der Waals surface area contributed by atoms with E-state index in [0.29, 0.717) is 16.9 Å². The second-order valence-electron chi connectivity index (χ2n) is 4.90. The topological polar surface area (TPSA) is 45.0 Å². The van der Waals surface area contributed by atoms with E-state index in [9.17, 15) is 13.2 Å². The molecule has 3 nitrogen and oxygen atoms in total.